The van der Waals surface area contributed by atoms with Gasteiger partial charge in [0.25, 0.3) is 20.2 Å². The topological polar surface area (TPSA) is 167 Å². The van der Waals surface area contributed by atoms with Gasteiger partial charge in [-0.2, -0.15) is 16.8 Å². The Kier molecular flexibility index (Phi) is 5.83. The molecule has 10 nitrogen and oxygen atoms in total. The van der Waals surface area contributed by atoms with Crippen LogP contribution in [0.4, 0.5) is 11.4 Å². The summed E-state index contributed by atoms with van der Waals surface area (Å²) in [5, 5.41) is 5.66. The predicted molar refractivity (Wildman–Crippen MR) is 125 cm³/mol. The summed E-state index contributed by atoms with van der Waals surface area (Å²) in [4.78, 5) is 24.5. The number of benzene rings is 4. The average molecular weight is 501 g/mol. The van der Waals surface area contributed by atoms with Crippen LogP contribution < -0.4 is 10.6 Å². The molecule has 4 N–H and O–H groups in total. The SMILES string of the molecule is O=C(Nc1ccc(S(=O)(=O)O)c2ccccc12)C(=O)Nc1ccc(S(=O)(=O)O)c2ccccc12. The van der Waals surface area contributed by atoms with Crippen molar-refractivity contribution in [1.82, 2.24) is 0 Å². The van der Waals surface area contributed by atoms with Crippen LogP contribution >= 0.6 is 0 Å². The lowest BCUT2D eigenvalue weighted by atomic mass is 10.1. The van der Waals surface area contributed by atoms with Gasteiger partial charge >= 0.3 is 11.8 Å². The molecule has 0 saturated carbocycles. The van der Waals surface area contributed by atoms with Crippen molar-refractivity contribution in [3.8, 4) is 0 Å². The van der Waals surface area contributed by atoms with Gasteiger partial charge in [0.2, 0.25) is 0 Å². The van der Waals surface area contributed by atoms with Crippen LogP contribution in [0.1, 0.15) is 0 Å². The fourth-order valence-corrected chi connectivity index (χ4v) is 4.96. The molecule has 0 spiro atoms. The van der Waals surface area contributed by atoms with Gasteiger partial charge in [-0.3, -0.25) is 18.7 Å². The van der Waals surface area contributed by atoms with Gasteiger partial charge in [0.05, 0.1) is 0 Å². The van der Waals surface area contributed by atoms with Crippen molar-refractivity contribution in [1.29, 1.82) is 0 Å². The smallest absolute Gasteiger partial charge is 0.314 e. The Bertz CT molecular complexity index is 1570. The van der Waals surface area contributed by atoms with Crippen LogP contribution in [0.2, 0.25) is 0 Å². The van der Waals surface area contributed by atoms with Gasteiger partial charge in [-0.1, -0.05) is 48.5 Å². The van der Waals surface area contributed by atoms with E-state index in [0.717, 1.165) is 12.1 Å². The highest BCUT2D eigenvalue weighted by Crippen LogP contribution is 2.31. The van der Waals surface area contributed by atoms with E-state index in [4.69, 9.17) is 0 Å². The van der Waals surface area contributed by atoms with Crippen molar-refractivity contribution in [3.63, 3.8) is 0 Å². The monoisotopic (exact) mass is 500 g/mol. The minimum atomic E-state index is -4.52. The van der Waals surface area contributed by atoms with Crippen LogP contribution in [-0.4, -0.2) is 37.8 Å². The highest BCUT2D eigenvalue weighted by Gasteiger charge is 2.21. The van der Waals surface area contributed by atoms with Crippen LogP contribution in [0.25, 0.3) is 21.5 Å². The first kappa shape index (κ1) is 23.3. The van der Waals surface area contributed by atoms with Crippen molar-refractivity contribution in [2.24, 2.45) is 0 Å². The lowest BCUT2D eigenvalue weighted by Crippen LogP contribution is -2.29. The molecular weight excluding hydrogens is 484 g/mol. The highest BCUT2D eigenvalue weighted by atomic mass is 32.2. The van der Waals surface area contributed by atoms with Gasteiger partial charge in [0, 0.05) is 32.9 Å². The Labute approximate surface area is 193 Å². The predicted octanol–water partition coefficient (Wildman–Crippen LogP) is 3.06. The summed E-state index contributed by atoms with van der Waals surface area (Å²) in [6.07, 6.45) is 0. The fourth-order valence-electron chi connectivity index (χ4n) is 3.57. The van der Waals surface area contributed by atoms with Crippen LogP contribution in [0, 0.1) is 0 Å². The van der Waals surface area contributed by atoms with Crippen LogP contribution in [0.15, 0.2) is 82.6 Å². The van der Waals surface area contributed by atoms with Crippen LogP contribution in [0.5, 0.6) is 0 Å². The van der Waals surface area contributed by atoms with Gasteiger partial charge in [0.1, 0.15) is 9.79 Å². The van der Waals surface area contributed by atoms with E-state index in [-0.39, 0.29) is 42.7 Å². The number of hydrogen-bond acceptors (Lipinski definition) is 6. The molecule has 0 unspecified atom stereocenters. The van der Waals surface area contributed by atoms with Gasteiger partial charge in [-0.05, 0) is 24.3 Å². The van der Waals surface area contributed by atoms with E-state index < -0.39 is 32.1 Å². The number of fused-ring (bicyclic) bond motifs is 2. The van der Waals surface area contributed by atoms with Crippen molar-refractivity contribution < 1.29 is 35.5 Å². The molecule has 0 fully saturated rings. The summed E-state index contributed by atoms with van der Waals surface area (Å²) < 4.78 is 65.4. The second-order valence-electron chi connectivity index (χ2n) is 7.17. The number of carbonyl (C=O) groups is 2. The highest BCUT2D eigenvalue weighted by molar-refractivity contribution is 7.86. The Morgan fingerprint density at radius 2 is 0.853 bits per heavy atom. The van der Waals surface area contributed by atoms with Gasteiger partial charge < -0.3 is 10.6 Å². The molecule has 4 aromatic rings. The van der Waals surface area contributed by atoms with E-state index in [2.05, 4.69) is 10.6 Å². The summed E-state index contributed by atoms with van der Waals surface area (Å²) in [6.45, 7) is 0. The number of nitrogens with one attached hydrogen (secondary N) is 2. The van der Waals surface area contributed by atoms with Crippen molar-refractivity contribution >= 4 is 65.0 Å². The third kappa shape index (κ3) is 4.47. The van der Waals surface area contributed by atoms with E-state index in [0.29, 0.717) is 0 Å². The first-order valence-corrected chi connectivity index (χ1v) is 12.5. The quantitative estimate of drug-likeness (QED) is 0.245. The Balaban J connectivity index is 1.65. The molecule has 4 rings (SSSR count). The Morgan fingerprint density at radius 3 is 1.18 bits per heavy atom. The largest absolute Gasteiger partial charge is 0.317 e. The first-order chi connectivity index (χ1) is 16.0. The molecule has 0 aliphatic heterocycles. The zero-order valence-corrected chi connectivity index (χ0v) is 18.7. The number of hydrogen-bond donors (Lipinski definition) is 4. The lowest BCUT2D eigenvalue weighted by molar-refractivity contribution is -0.132. The number of carbonyl (C=O) groups excluding carboxylic acids is 2. The number of rotatable bonds is 4. The Hall–Kier alpha value is -3.84. The minimum absolute atomic E-state index is 0.134. The lowest BCUT2D eigenvalue weighted by Gasteiger charge is -2.13. The fraction of sp³-hybridized carbons (Fsp3) is 0. The van der Waals surface area contributed by atoms with Gasteiger partial charge in [0.15, 0.2) is 0 Å². The van der Waals surface area contributed by atoms with Crippen molar-refractivity contribution in [2.45, 2.75) is 9.79 Å². The minimum Gasteiger partial charge on any atom is -0.317 e. The van der Waals surface area contributed by atoms with Gasteiger partial charge in [-0.25, -0.2) is 0 Å². The second-order valence-corrected chi connectivity index (χ2v) is 9.95. The molecule has 0 bridgehead atoms. The van der Waals surface area contributed by atoms with Gasteiger partial charge in [-0.15, -0.1) is 0 Å². The molecule has 4 aromatic carbocycles. The zero-order valence-electron chi connectivity index (χ0n) is 17.1. The molecule has 2 amide bonds. The van der Waals surface area contributed by atoms with E-state index >= 15 is 0 Å². The molecule has 0 aliphatic carbocycles. The van der Waals surface area contributed by atoms with Crippen LogP contribution in [0.3, 0.4) is 0 Å². The average Bonchev–Trinajstić information content (AvgIpc) is 2.77. The maximum atomic E-state index is 12.6. The molecule has 0 aromatic heterocycles. The number of amides is 2. The van der Waals surface area contributed by atoms with E-state index in [1.807, 2.05) is 0 Å². The summed E-state index contributed by atoms with van der Waals surface area (Å²) in [5.41, 5.74) is 0.268. The first-order valence-electron chi connectivity index (χ1n) is 9.57. The molecular formula is C22H16N2O8S2. The third-order valence-electron chi connectivity index (χ3n) is 5.03. The summed E-state index contributed by atoms with van der Waals surface area (Å²) in [7, 11) is -9.04. The van der Waals surface area contributed by atoms with E-state index in [1.165, 1.54) is 36.4 Å². The normalized spacial score (nSPS) is 11.9. The molecule has 0 heterocycles. The maximum Gasteiger partial charge on any atom is 0.314 e. The summed E-state index contributed by atoms with van der Waals surface area (Å²) >= 11 is 0. The van der Waals surface area contributed by atoms with Crippen molar-refractivity contribution in [2.75, 3.05) is 10.6 Å². The summed E-state index contributed by atoms with van der Waals surface area (Å²) in [5.74, 6) is -2.15. The molecule has 34 heavy (non-hydrogen) atoms. The molecule has 0 saturated heterocycles. The summed E-state index contributed by atoms with van der Waals surface area (Å²) in [6, 6.07) is 16.9. The molecule has 0 radical (unpaired) electrons. The third-order valence-corrected chi connectivity index (χ3v) is 6.85. The Morgan fingerprint density at radius 1 is 0.529 bits per heavy atom. The van der Waals surface area contributed by atoms with E-state index in [1.54, 1.807) is 24.3 Å². The van der Waals surface area contributed by atoms with Crippen LogP contribution in [-0.2, 0) is 29.8 Å². The molecule has 0 aliphatic rings. The second kappa shape index (κ2) is 8.50. The molecule has 174 valence electrons. The standard InChI is InChI=1S/C22H16N2O8S2/c25-21(23-17-9-11-19(33(27,28)29)15-7-3-1-5-13(15)17)22(26)24-18-10-12-20(34(30,31)32)16-8-4-2-6-14(16)18/h1-12H,(H,23,25)(H,24,26)(H,27,28,29)(H,30,31,32). The molecule has 0 atom stereocenters. The molecule has 12 heteroatoms. The maximum absolute atomic E-state index is 12.6. The van der Waals surface area contributed by atoms with Crippen molar-refractivity contribution in [3.05, 3.63) is 72.8 Å². The number of anilines is 2. The van der Waals surface area contributed by atoms with E-state index in [9.17, 15) is 35.5 Å². The zero-order chi connectivity index (χ0) is 24.7.